The Balaban J connectivity index is 0.682. The number of aromatic amines is 1. The van der Waals surface area contributed by atoms with Gasteiger partial charge in [0.05, 0.1) is 28.0 Å². The molecule has 0 spiro atoms. The Bertz CT molecular complexity index is 3060. The zero-order valence-electron chi connectivity index (χ0n) is 39.0. The smallest absolute Gasteiger partial charge is 0.315 e. The first-order chi connectivity index (χ1) is 33.2. The number of aryl methyl sites for hydroxylation is 1. The lowest BCUT2D eigenvalue weighted by atomic mass is 9.84. The van der Waals surface area contributed by atoms with Crippen molar-refractivity contribution in [2.75, 3.05) is 42.5 Å². The fraction of sp³-hybridized carbons (Fsp3) is 0.385. The highest BCUT2D eigenvalue weighted by molar-refractivity contribution is 6.23. The summed E-state index contributed by atoms with van der Waals surface area (Å²) >= 11 is 0. The number of fused-ring (bicyclic) bond motifs is 4. The Morgan fingerprint density at radius 3 is 2.26 bits per heavy atom. The molecule has 5 saturated heterocycles. The number of carbonyl (C=O) groups excluding carboxylic acids is 5. The second-order valence-electron chi connectivity index (χ2n) is 20.2. The van der Waals surface area contributed by atoms with Crippen molar-refractivity contribution in [3.05, 3.63) is 113 Å². The molecule has 6 aromatic rings. The number of aromatic nitrogens is 4. The van der Waals surface area contributed by atoms with E-state index in [4.69, 9.17) is 9.62 Å². The van der Waals surface area contributed by atoms with Gasteiger partial charge in [-0.1, -0.05) is 56.3 Å². The van der Waals surface area contributed by atoms with E-state index in [2.05, 4.69) is 84.2 Å². The highest BCUT2D eigenvalue weighted by Crippen LogP contribution is 2.40. The number of anilines is 2. The number of halogens is 1. The number of piperazine rings is 1. The lowest BCUT2D eigenvalue weighted by Gasteiger charge is -2.58. The minimum atomic E-state index is -1.09. The SMILES string of the molecule is Cc1cc(-c2n[nH]c3ccc(-c4ccc(N5CCC(CN6C7CC6CN(c6cc8c(cc6F)C(=O)N(C6CCC(=O)NC6=O)C8=O)C7)CC5)cc4)cc23)ccc1CNC(=O)c1nc(C(C)(C)C)no1. The van der Waals surface area contributed by atoms with Gasteiger partial charge in [-0.3, -0.25) is 44.2 Å². The van der Waals surface area contributed by atoms with Crippen LogP contribution < -0.4 is 20.4 Å². The van der Waals surface area contributed by atoms with Crippen LogP contribution in [0.1, 0.15) is 101 Å². The van der Waals surface area contributed by atoms with Gasteiger partial charge in [-0.05, 0) is 103 Å². The molecule has 12 rings (SSSR count). The monoisotopic (exact) mass is 932 g/mol. The van der Waals surface area contributed by atoms with Gasteiger partial charge in [0.1, 0.15) is 11.9 Å². The normalized spacial score (nSPS) is 20.9. The molecule has 3 unspecified atom stereocenters. The zero-order valence-corrected chi connectivity index (χ0v) is 39.0. The minimum Gasteiger partial charge on any atom is -0.372 e. The van der Waals surface area contributed by atoms with Crippen LogP contribution in [0.25, 0.3) is 33.3 Å². The van der Waals surface area contributed by atoms with Gasteiger partial charge < -0.3 is 19.6 Å². The van der Waals surface area contributed by atoms with Gasteiger partial charge in [-0.15, -0.1) is 0 Å². The fourth-order valence-electron chi connectivity index (χ4n) is 10.8. The predicted molar refractivity (Wildman–Crippen MR) is 255 cm³/mol. The highest BCUT2D eigenvalue weighted by Gasteiger charge is 2.48. The van der Waals surface area contributed by atoms with Gasteiger partial charge in [-0.2, -0.15) is 10.1 Å². The van der Waals surface area contributed by atoms with Crippen molar-refractivity contribution in [3.63, 3.8) is 0 Å². The molecule has 6 aliphatic heterocycles. The van der Waals surface area contributed by atoms with E-state index in [-0.39, 0.29) is 47.4 Å². The molecule has 354 valence electrons. The second kappa shape index (κ2) is 17.0. The van der Waals surface area contributed by atoms with Gasteiger partial charge in [0.15, 0.2) is 5.82 Å². The first-order valence-corrected chi connectivity index (χ1v) is 23.8. The Morgan fingerprint density at radius 2 is 1.57 bits per heavy atom. The number of rotatable bonds is 10. The summed E-state index contributed by atoms with van der Waals surface area (Å²) < 4.78 is 20.9. The number of carbonyl (C=O) groups is 5. The molecular weight excluding hydrogens is 880 g/mol. The summed E-state index contributed by atoms with van der Waals surface area (Å²) in [6.07, 6.45) is 3.27. The van der Waals surface area contributed by atoms with Gasteiger partial charge >= 0.3 is 11.8 Å². The average Bonchev–Trinajstić information content (AvgIpc) is 4.07. The number of amides is 5. The molecule has 0 aliphatic carbocycles. The molecule has 3 N–H and O–H groups in total. The Labute approximate surface area is 397 Å². The molecule has 16 nitrogen and oxygen atoms in total. The molecule has 17 heteroatoms. The number of piperidine rings is 3. The number of nitrogens with zero attached hydrogens (tertiary/aromatic N) is 7. The average molecular weight is 933 g/mol. The molecule has 5 fully saturated rings. The lowest BCUT2D eigenvalue weighted by Crippen LogP contribution is -2.69. The van der Waals surface area contributed by atoms with Crippen LogP contribution in [0, 0.1) is 18.7 Å². The molecule has 0 saturated carbocycles. The van der Waals surface area contributed by atoms with Crippen molar-refractivity contribution < 1.29 is 32.9 Å². The van der Waals surface area contributed by atoms with Crippen LogP contribution in [-0.2, 0) is 21.5 Å². The fourth-order valence-corrected chi connectivity index (χ4v) is 10.8. The van der Waals surface area contributed by atoms with Gasteiger partial charge in [-0.25, -0.2) is 4.39 Å². The number of imide groups is 2. The molecule has 2 bridgehead atoms. The number of nitrogens with one attached hydrogen (secondary N) is 3. The predicted octanol–water partition coefficient (Wildman–Crippen LogP) is 6.54. The summed E-state index contributed by atoms with van der Waals surface area (Å²) in [5, 5.41) is 18.0. The molecule has 4 aromatic carbocycles. The molecule has 0 radical (unpaired) electrons. The van der Waals surface area contributed by atoms with Gasteiger partial charge in [0.2, 0.25) is 11.8 Å². The first-order valence-electron chi connectivity index (χ1n) is 23.8. The molecule has 69 heavy (non-hydrogen) atoms. The van der Waals surface area contributed by atoms with Crippen LogP contribution in [0.2, 0.25) is 0 Å². The van der Waals surface area contributed by atoms with E-state index < -0.39 is 41.4 Å². The zero-order chi connectivity index (χ0) is 47.9. The number of hydrogen-bond donors (Lipinski definition) is 3. The molecule has 5 amide bonds. The largest absolute Gasteiger partial charge is 0.372 e. The Hall–Kier alpha value is -7.27. The van der Waals surface area contributed by atoms with Gasteiger partial charge in [0.25, 0.3) is 11.8 Å². The van der Waals surface area contributed by atoms with Crippen LogP contribution in [0.3, 0.4) is 0 Å². The van der Waals surface area contributed by atoms with E-state index >= 15 is 4.39 Å². The number of H-pyrrole nitrogens is 1. The topological polar surface area (TPSA) is 190 Å². The summed E-state index contributed by atoms with van der Waals surface area (Å²) in [5.74, 6) is -2.46. The van der Waals surface area contributed by atoms with E-state index in [1.807, 2.05) is 44.7 Å². The highest BCUT2D eigenvalue weighted by atomic mass is 19.1. The van der Waals surface area contributed by atoms with E-state index in [1.165, 1.54) is 11.8 Å². The van der Waals surface area contributed by atoms with Crippen molar-refractivity contribution in [2.45, 2.75) is 89.9 Å². The number of benzene rings is 4. The summed E-state index contributed by atoms with van der Waals surface area (Å²) in [6, 6.07) is 23.4. The Kier molecular flexibility index (Phi) is 10.9. The third-order valence-electron chi connectivity index (χ3n) is 14.8. The summed E-state index contributed by atoms with van der Waals surface area (Å²) in [6.45, 7) is 12.4. The van der Waals surface area contributed by atoms with E-state index in [0.29, 0.717) is 37.1 Å². The minimum absolute atomic E-state index is 0.0224. The molecule has 8 heterocycles. The standard InChI is InChI=1S/C52H53FN10O6/c1-28-19-32(5-6-33(28)24-54-47(66)48-56-51(59-69-48)52(2,3)4)45-39-20-31(9-12-41(39)57-58-45)30-7-10-34(11-8-30)60-17-15-29(16-18-60)25-62-35-21-36(62)27-61(26-35)43-23-38-37(22-40(43)53)49(67)63(50(38)68)42-13-14-44(64)55-46(42)65/h5-12,19-20,22-23,29,35-36,42H,13-18,21,24-27H2,1-4H3,(H,54,66)(H,57,58)(H,55,64,65). The van der Waals surface area contributed by atoms with E-state index in [9.17, 15) is 24.0 Å². The van der Waals surface area contributed by atoms with Crippen molar-refractivity contribution in [2.24, 2.45) is 5.92 Å². The third-order valence-corrected chi connectivity index (χ3v) is 14.8. The summed E-state index contributed by atoms with van der Waals surface area (Å²) in [5.41, 5.74) is 8.21. The third kappa shape index (κ3) is 8.11. The maximum absolute atomic E-state index is 15.7. The quantitative estimate of drug-likeness (QED) is 0.126. The van der Waals surface area contributed by atoms with Crippen LogP contribution in [-0.4, -0.2) is 111 Å². The first kappa shape index (κ1) is 44.2. The summed E-state index contributed by atoms with van der Waals surface area (Å²) in [4.78, 5) is 75.8. The lowest BCUT2D eigenvalue weighted by molar-refractivity contribution is -0.136. The van der Waals surface area contributed by atoms with Crippen molar-refractivity contribution in [3.8, 4) is 22.4 Å². The van der Waals surface area contributed by atoms with Crippen LogP contribution in [0.4, 0.5) is 15.8 Å². The molecule has 6 aliphatic rings. The van der Waals surface area contributed by atoms with Crippen molar-refractivity contribution in [1.82, 2.24) is 40.8 Å². The van der Waals surface area contributed by atoms with Crippen LogP contribution >= 0.6 is 0 Å². The van der Waals surface area contributed by atoms with Gasteiger partial charge in [0, 0.05) is 79.8 Å². The molecule has 2 aromatic heterocycles. The Morgan fingerprint density at radius 1 is 0.855 bits per heavy atom. The number of hydrogen-bond acceptors (Lipinski definition) is 12. The van der Waals surface area contributed by atoms with Crippen LogP contribution in [0.5, 0.6) is 0 Å². The van der Waals surface area contributed by atoms with E-state index in [0.717, 1.165) is 94.3 Å². The second-order valence-corrected chi connectivity index (χ2v) is 20.2. The summed E-state index contributed by atoms with van der Waals surface area (Å²) in [7, 11) is 0. The maximum Gasteiger partial charge on any atom is 0.315 e. The maximum atomic E-state index is 15.7. The molecule has 3 atom stereocenters. The van der Waals surface area contributed by atoms with E-state index in [1.54, 1.807) is 0 Å². The molecular formula is C52H53FN10O6. The van der Waals surface area contributed by atoms with Crippen molar-refractivity contribution in [1.29, 1.82) is 0 Å². The van der Waals surface area contributed by atoms with Crippen molar-refractivity contribution >= 4 is 51.8 Å². The van der Waals surface area contributed by atoms with Crippen LogP contribution in [0.15, 0.2) is 77.3 Å².